The van der Waals surface area contributed by atoms with E-state index in [1.807, 2.05) is 0 Å². The number of benzene rings is 2. The molecule has 2 N–H and O–H groups in total. The number of rotatable bonds is 8. The minimum atomic E-state index is -5.18. The van der Waals surface area contributed by atoms with Gasteiger partial charge < -0.3 is 15.4 Å². The zero-order valence-corrected chi connectivity index (χ0v) is 22.2. The molecule has 3 atom stereocenters. The Kier molecular flexibility index (Phi) is 9.37. The molecule has 0 aliphatic heterocycles. The molecule has 13 heteroatoms. The lowest BCUT2D eigenvalue weighted by molar-refractivity contribution is -0.253. The number of hydrogen-bond acceptors (Lipinski definition) is 2. The van der Waals surface area contributed by atoms with Crippen molar-refractivity contribution in [2.75, 3.05) is 0 Å². The van der Waals surface area contributed by atoms with Crippen LogP contribution in [0.1, 0.15) is 59.9 Å². The topological polar surface area (TPSA) is 50.4 Å². The van der Waals surface area contributed by atoms with Gasteiger partial charge in [0, 0.05) is 29.5 Å². The van der Waals surface area contributed by atoms with Crippen LogP contribution in [-0.2, 0) is 6.18 Å². The molecule has 2 aliphatic carbocycles. The lowest BCUT2D eigenvalue weighted by Gasteiger charge is -2.30. The van der Waals surface area contributed by atoms with Crippen LogP contribution in [0.2, 0.25) is 0 Å². The number of urea groups is 1. The zero-order chi connectivity index (χ0) is 31.5. The van der Waals surface area contributed by atoms with Crippen molar-refractivity contribution in [1.82, 2.24) is 10.6 Å². The lowest BCUT2D eigenvalue weighted by Crippen LogP contribution is -2.43. The van der Waals surface area contributed by atoms with Crippen molar-refractivity contribution >= 4 is 6.03 Å². The summed E-state index contributed by atoms with van der Waals surface area (Å²) in [5.41, 5.74) is -2.89. The molecule has 1 saturated carbocycles. The summed E-state index contributed by atoms with van der Waals surface area (Å²) in [7, 11) is 0. The van der Waals surface area contributed by atoms with Crippen molar-refractivity contribution in [3.63, 3.8) is 0 Å². The summed E-state index contributed by atoms with van der Waals surface area (Å²) in [5, 5.41) is 5.09. The number of nitrogens with one attached hydrogen (secondary N) is 2. The molecule has 2 unspecified atom stereocenters. The number of halogens is 9. The maximum atomic E-state index is 15.8. The van der Waals surface area contributed by atoms with Crippen LogP contribution in [0.15, 0.2) is 54.6 Å². The van der Waals surface area contributed by atoms with E-state index in [1.54, 1.807) is 6.08 Å². The smallest absolute Gasteiger partial charge is 0.428 e. The largest absolute Gasteiger partial charge is 0.461 e. The number of amides is 2. The molecular weight excluding hydrogens is 591 g/mol. The molecule has 0 radical (unpaired) electrons. The van der Waals surface area contributed by atoms with Crippen molar-refractivity contribution in [3.05, 3.63) is 88.5 Å². The Bertz CT molecular complexity index is 1440. The average Bonchev–Trinajstić information content (AvgIpc) is 3.44. The standard InChI is InChI=1S/C30H25F9N2O2/c1-2-16-7-3-6-10-20(16)25-21(14-19(15-24(25)32)43-30(38,39)27(33)34)26(41-28(42)40-18-8-4-5-9-18)17-11-12-23(31)22(13-17)29(35,36)37/h1,3,6-7,10-16,18,20,26-27H,4-5,8-9H2,(H2,40,41,42)/t16?,20?,26-/m1/s1. The molecule has 1 fully saturated rings. The molecule has 230 valence electrons. The van der Waals surface area contributed by atoms with Crippen LogP contribution >= 0.6 is 0 Å². The number of hydrogen-bond donors (Lipinski definition) is 2. The number of carbonyl (C=O) groups is 1. The predicted octanol–water partition coefficient (Wildman–Crippen LogP) is 8.01. The highest BCUT2D eigenvalue weighted by Gasteiger charge is 2.44. The summed E-state index contributed by atoms with van der Waals surface area (Å²) in [6.07, 6.45) is -0.0993. The second-order valence-corrected chi connectivity index (χ2v) is 10.1. The molecule has 0 heterocycles. The van der Waals surface area contributed by atoms with Gasteiger partial charge in [-0.05, 0) is 42.2 Å². The van der Waals surface area contributed by atoms with Crippen LogP contribution in [0, 0.1) is 29.9 Å². The summed E-state index contributed by atoms with van der Waals surface area (Å²) < 4.78 is 129. The van der Waals surface area contributed by atoms with Crippen molar-refractivity contribution in [1.29, 1.82) is 0 Å². The summed E-state index contributed by atoms with van der Waals surface area (Å²) >= 11 is 0. The summed E-state index contributed by atoms with van der Waals surface area (Å²) in [4.78, 5) is 13.1. The Morgan fingerprint density at radius 3 is 2.28 bits per heavy atom. The number of alkyl halides is 7. The van der Waals surface area contributed by atoms with Crippen LogP contribution in [0.5, 0.6) is 5.75 Å². The fourth-order valence-corrected chi connectivity index (χ4v) is 5.22. The normalized spacial score (nSPS) is 19.7. The Morgan fingerprint density at radius 2 is 1.65 bits per heavy atom. The first-order valence-corrected chi connectivity index (χ1v) is 13.1. The van der Waals surface area contributed by atoms with Gasteiger partial charge in [-0.3, -0.25) is 0 Å². The lowest BCUT2D eigenvalue weighted by atomic mass is 9.78. The van der Waals surface area contributed by atoms with Crippen molar-refractivity contribution < 1.29 is 49.0 Å². The molecule has 43 heavy (non-hydrogen) atoms. The quantitative estimate of drug-likeness (QED) is 0.233. The second kappa shape index (κ2) is 12.7. The number of allylic oxidation sites excluding steroid dienone is 4. The first-order valence-electron chi connectivity index (χ1n) is 13.1. The van der Waals surface area contributed by atoms with Crippen LogP contribution < -0.4 is 15.4 Å². The average molecular weight is 617 g/mol. The van der Waals surface area contributed by atoms with E-state index in [4.69, 9.17) is 6.42 Å². The van der Waals surface area contributed by atoms with Gasteiger partial charge in [0.15, 0.2) is 0 Å². The number of ether oxygens (including phenoxy) is 1. The van der Waals surface area contributed by atoms with E-state index in [1.165, 1.54) is 18.2 Å². The third-order valence-electron chi connectivity index (χ3n) is 7.21. The van der Waals surface area contributed by atoms with E-state index >= 15 is 4.39 Å². The SMILES string of the molecule is C#CC1C=CC=CC1c1c(F)cc(OC(F)(F)C(F)F)cc1[C@H](NC(=O)NC1CCCC1)c1ccc(F)c(C(F)(F)F)c1. The van der Waals surface area contributed by atoms with Crippen LogP contribution in [0.4, 0.5) is 44.3 Å². The molecule has 2 amide bonds. The number of carbonyl (C=O) groups excluding carboxylic acids is 1. The molecule has 2 aromatic carbocycles. The van der Waals surface area contributed by atoms with E-state index < -0.39 is 76.7 Å². The molecule has 4 nitrogen and oxygen atoms in total. The minimum Gasteiger partial charge on any atom is -0.428 e. The number of terminal acetylenes is 1. The summed E-state index contributed by atoms with van der Waals surface area (Å²) in [6, 6.07) is -0.0463. The van der Waals surface area contributed by atoms with Crippen molar-refractivity contribution in [3.8, 4) is 18.1 Å². The predicted molar refractivity (Wildman–Crippen MR) is 138 cm³/mol. The Morgan fingerprint density at radius 1 is 0.977 bits per heavy atom. The van der Waals surface area contributed by atoms with E-state index in [0.29, 0.717) is 37.1 Å². The van der Waals surface area contributed by atoms with Gasteiger partial charge in [0.25, 0.3) is 0 Å². The molecule has 4 rings (SSSR count). The Balaban J connectivity index is 1.93. The molecule has 2 aliphatic rings. The van der Waals surface area contributed by atoms with Gasteiger partial charge in [0.1, 0.15) is 17.4 Å². The third-order valence-corrected chi connectivity index (χ3v) is 7.21. The van der Waals surface area contributed by atoms with Crippen molar-refractivity contribution in [2.45, 2.75) is 62.4 Å². The molecular formula is C30H25F9N2O2. The fourth-order valence-electron chi connectivity index (χ4n) is 5.22. The molecule has 0 bridgehead atoms. The van der Waals surface area contributed by atoms with Crippen LogP contribution in [0.25, 0.3) is 0 Å². The maximum Gasteiger partial charge on any atom is 0.461 e. The van der Waals surface area contributed by atoms with Gasteiger partial charge in [-0.2, -0.15) is 30.7 Å². The monoisotopic (exact) mass is 616 g/mol. The van der Waals surface area contributed by atoms with Gasteiger partial charge >= 0.3 is 24.7 Å². The van der Waals surface area contributed by atoms with E-state index in [0.717, 1.165) is 18.9 Å². The Labute approximate surface area is 241 Å². The minimum absolute atomic E-state index is 0.285. The Hall–Kier alpha value is -4.08. The van der Waals surface area contributed by atoms with Crippen molar-refractivity contribution in [2.24, 2.45) is 5.92 Å². The molecule has 0 saturated heterocycles. The molecule has 0 aromatic heterocycles. The second-order valence-electron chi connectivity index (χ2n) is 10.1. The van der Waals surface area contributed by atoms with Gasteiger partial charge in [0.2, 0.25) is 0 Å². The molecule has 2 aromatic rings. The van der Waals surface area contributed by atoms with E-state index in [-0.39, 0.29) is 11.6 Å². The van der Waals surface area contributed by atoms with Crippen LogP contribution in [-0.4, -0.2) is 24.6 Å². The van der Waals surface area contributed by atoms with Gasteiger partial charge in [-0.1, -0.05) is 49.1 Å². The van der Waals surface area contributed by atoms with Gasteiger partial charge in [-0.15, -0.1) is 6.42 Å². The summed E-state index contributed by atoms with van der Waals surface area (Å²) in [6.45, 7) is 0. The highest BCUT2D eigenvalue weighted by molar-refractivity contribution is 5.75. The fraction of sp³-hybridized carbons (Fsp3) is 0.367. The first-order chi connectivity index (χ1) is 20.2. The highest BCUT2D eigenvalue weighted by Crippen LogP contribution is 2.42. The maximum absolute atomic E-state index is 15.8. The van der Waals surface area contributed by atoms with E-state index in [2.05, 4.69) is 21.3 Å². The van der Waals surface area contributed by atoms with Gasteiger partial charge in [-0.25, -0.2) is 13.6 Å². The molecule has 0 spiro atoms. The third kappa shape index (κ3) is 7.29. The first kappa shape index (κ1) is 31.8. The summed E-state index contributed by atoms with van der Waals surface area (Å²) in [5.74, 6) is -3.45. The zero-order valence-electron chi connectivity index (χ0n) is 22.2. The van der Waals surface area contributed by atoms with Gasteiger partial charge in [0.05, 0.1) is 11.6 Å². The highest BCUT2D eigenvalue weighted by atomic mass is 19.4. The van der Waals surface area contributed by atoms with Crippen LogP contribution in [0.3, 0.4) is 0 Å². The van der Waals surface area contributed by atoms with E-state index in [9.17, 15) is 39.9 Å².